The summed E-state index contributed by atoms with van der Waals surface area (Å²) in [6.45, 7) is 5.01. The van der Waals surface area contributed by atoms with Gasteiger partial charge >= 0.3 is 0 Å². The average Bonchev–Trinajstić information content (AvgIpc) is 2.40. The van der Waals surface area contributed by atoms with E-state index in [1.54, 1.807) is 11.6 Å². The molecule has 0 saturated heterocycles. The summed E-state index contributed by atoms with van der Waals surface area (Å²) in [5.41, 5.74) is 0.791. The molecule has 2 rings (SSSR count). The van der Waals surface area contributed by atoms with Gasteiger partial charge in [-0.1, -0.05) is 26.0 Å². The van der Waals surface area contributed by atoms with E-state index in [0.29, 0.717) is 5.39 Å². The third kappa shape index (κ3) is 2.16. The SMILES string of the molecule is CCN[C@@H](CC)c1nc2ccccc2c(=O)n1C. The molecule has 0 fully saturated rings. The fraction of sp³-hybridized carbons (Fsp3) is 0.429. The van der Waals surface area contributed by atoms with Crippen LogP contribution in [0.4, 0.5) is 0 Å². The van der Waals surface area contributed by atoms with E-state index in [1.165, 1.54) is 0 Å². The first-order valence-corrected chi connectivity index (χ1v) is 6.38. The maximum atomic E-state index is 12.3. The zero-order valence-corrected chi connectivity index (χ0v) is 11.1. The number of aromatic nitrogens is 2. The summed E-state index contributed by atoms with van der Waals surface area (Å²) in [5, 5.41) is 4.04. The Bertz CT molecular complexity index is 604. The summed E-state index contributed by atoms with van der Waals surface area (Å²) >= 11 is 0. The van der Waals surface area contributed by atoms with E-state index < -0.39 is 0 Å². The lowest BCUT2D eigenvalue weighted by Crippen LogP contribution is -2.30. The van der Waals surface area contributed by atoms with Crippen molar-refractivity contribution in [3.63, 3.8) is 0 Å². The monoisotopic (exact) mass is 245 g/mol. The van der Waals surface area contributed by atoms with Crippen molar-refractivity contribution < 1.29 is 0 Å². The second-order valence-electron chi connectivity index (χ2n) is 4.37. The third-order valence-corrected chi connectivity index (χ3v) is 3.19. The van der Waals surface area contributed by atoms with Gasteiger partial charge in [0.2, 0.25) is 0 Å². The molecule has 4 nitrogen and oxygen atoms in total. The Kier molecular flexibility index (Phi) is 3.77. The fourth-order valence-electron chi connectivity index (χ4n) is 2.21. The maximum absolute atomic E-state index is 12.3. The molecule has 1 heterocycles. The molecule has 1 aromatic carbocycles. The summed E-state index contributed by atoms with van der Waals surface area (Å²) in [7, 11) is 1.79. The molecule has 1 aromatic heterocycles. The first-order valence-electron chi connectivity index (χ1n) is 6.38. The molecule has 1 N–H and O–H groups in total. The highest BCUT2D eigenvalue weighted by Crippen LogP contribution is 2.15. The zero-order valence-electron chi connectivity index (χ0n) is 11.1. The second kappa shape index (κ2) is 5.31. The highest BCUT2D eigenvalue weighted by molar-refractivity contribution is 5.77. The fourth-order valence-corrected chi connectivity index (χ4v) is 2.21. The molecule has 0 bridgehead atoms. The molecule has 0 aliphatic carbocycles. The van der Waals surface area contributed by atoms with Crippen molar-refractivity contribution in [2.24, 2.45) is 7.05 Å². The number of fused-ring (bicyclic) bond motifs is 1. The van der Waals surface area contributed by atoms with Gasteiger partial charge in [0.1, 0.15) is 5.82 Å². The van der Waals surface area contributed by atoms with Crippen molar-refractivity contribution in [1.29, 1.82) is 0 Å². The lowest BCUT2D eigenvalue weighted by Gasteiger charge is -2.18. The molecule has 0 aliphatic rings. The number of hydrogen-bond donors (Lipinski definition) is 1. The van der Waals surface area contributed by atoms with Crippen molar-refractivity contribution in [3.05, 3.63) is 40.4 Å². The molecule has 96 valence electrons. The van der Waals surface area contributed by atoms with E-state index in [-0.39, 0.29) is 11.6 Å². The molecule has 18 heavy (non-hydrogen) atoms. The van der Waals surface area contributed by atoms with Gasteiger partial charge in [-0.3, -0.25) is 9.36 Å². The Morgan fingerprint density at radius 1 is 1.33 bits per heavy atom. The molecule has 0 aliphatic heterocycles. The zero-order chi connectivity index (χ0) is 13.1. The number of rotatable bonds is 4. The van der Waals surface area contributed by atoms with Crippen molar-refractivity contribution in [2.75, 3.05) is 6.54 Å². The lowest BCUT2D eigenvalue weighted by atomic mass is 10.1. The number of nitrogens with zero attached hydrogens (tertiary/aromatic N) is 2. The topological polar surface area (TPSA) is 46.9 Å². The van der Waals surface area contributed by atoms with Crippen LogP contribution >= 0.6 is 0 Å². The summed E-state index contributed by atoms with van der Waals surface area (Å²) in [4.78, 5) is 16.9. The third-order valence-electron chi connectivity index (χ3n) is 3.19. The van der Waals surface area contributed by atoms with Crippen LogP contribution in [0, 0.1) is 0 Å². The molecular formula is C14H19N3O. The summed E-state index contributed by atoms with van der Waals surface area (Å²) in [5.74, 6) is 0.808. The predicted octanol–water partition coefficient (Wildman–Crippen LogP) is 1.99. The Balaban J connectivity index is 2.64. The molecule has 0 amide bonds. The highest BCUT2D eigenvalue weighted by atomic mass is 16.1. The van der Waals surface area contributed by atoms with Crippen LogP contribution in [-0.4, -0.2) is 16.1 Å². The van der Waals surface area contributed by atoms with Gasteiger partial charge in [-0.15, -0.1) is 0 Å². The summed E-state index contributed by atoms with van der Waals surface area (Å²) in [6.07, 6.45) is 0.909. The van der Waals surface area contributed by atoms with Gasteiger partial charge in [0.15, 0.2) is 0 Å². The Hall–Kier alpha value is -1.68. The Morgan fingerprint density at radius 2 is 2.06 bits per heavy atom. The lowest BCUT2D eigenvalue weighted by molar-refractivity contribution is 0.487. The van der Waals surface area contributed by atoms with Crippen molar-refractivity contribution in [1.82, 2.24) is 14.9 Å². The van der Waals surface area contributed by atoms with Gasteiger partial charge in [0.05, 0.1) is 16.9 Å². The van der Waals surface area contributed by atoms with Crippen LogP contribution in [0.5, 0.6) is 0 Å². The first kappa shape index (κ1) is 12.8. The van der Waals surface area contributed by atoms with Crippen LogP contribution in [0.3, 0.4) is 0 Å². The average molecular weight is 245 g/mol. The minimum atomic E-state index is 0.0203. The molecule has 0 radical (unpaired) electrons. The number of benzene rings is 1. The second-order valence-corrected chi connectivity index (χ2v) is 4.37. The maximum Gasteiger partial charge on any atom is 0.261 e. The molecule has 0 spiro atoms. The van der Waals surface area contributed by atoms with Crippen LogP contribution in [0.25, 0.3) is 10.9 Å². The Morgan fingerprint density at radius 3 is 2.72 bits per heavy atom. The number of hydrogen-bond acceptors (Lipinski definition) is 3. The van der Waals surface area contributed by atoms with Gasteiger partial charge in [0.25, 0.3) is 5.56 Å². The standard InChI is InChI=1S/C14H19N3O/c1-4-11(15-5-2)13-16-12-9-7-6-8-10(12)14(18)17(13)3/h6-9,11,15H,4-5H2,1-3H3/t11-/m0/s1. The van der Waals surface area contributed by atoms with Gasteiger partial charge in [0, 0.05) is 7.05 Å². The summed E-state index contributed by atoms with van der Waals surface area (Å²) in [6, 6.07) is 7.61. The van der Waals surface area contributed by atoms with E-state index in [9.17, 15) is 4.79 Å². The van der Waals surface area contributed by atoms with Crippen LogP contribution in [0.1, 0.15) is 32.1 Å². The molecule has 1 atom stereocenters. The van der Waals surface area contributed by atoms with E-state index in [2.05, 4.69) is 24.1 Å². The van der Waals surface area contributed by atoms with E-state index in [0.717, 1.165) is 24.3 Å². The van der Waals surface area contributed by atoms with Gasteiger partial charge in [-0.2, -0.15) is 0 Å². The molecular weight excluding hydrogens is 226 g/mol. The predicted molar refractivity (Wildman–Crippen MR) is 73.7 cm³/mol. The van der Waals surface area contributed by atoms with Crippen molar-refractivity contribution in [3.8, 4) is 0 Å². The first-order chi connectivity index (χ1) is 8.69. The normalized spacial score (nSPS) is 12.8. The highest BCUT2D eigenvalue weighted by Gasteiger charge is 2.15. The minimum absolute atomic E-state index is 0.0203. The quantitative estimate of drug-likeness (QED) is 0.896. The summed E-state index contributed by atoms with van der Waals surface area (Å²) < 4.78 is 1.65. The molecule has 0 saturated carbocycles. The van der Waals surface area contributed by atoms with Crippen molar-refractivity contribution >= 4 is 10.9 Å². The van der Waals surface area contributed by atoms with Crippen LogP contribution in [0.2, 0.25) is 0 Å². The number of para-hydroxylation sites is 1. The van der Waals surface area contributed by atoms with Gasteiger partial charge in [-0.25, -0.2) is 4.98 Å². The van der Waals surface area contributed by atoms with E-state index >= 15 is 0 Å². The molecule has 2 aromatic rings. The smallest absolute Gasteiger partial charge is 0.261 e. The van der Waals surface area contributed by atoms with Gasteiger partial charge < -0.3 is 5.32 Å². The van der Waals surface area contributed by atoms with Gasteiger partial charge in [-0.05, 0) is 25.1 Å². The molecule has 0 unspecified atom stereocenters. The Labute approximate surface area is 107 Å². The van der Waals surface area contributed by atoms with E-state index in [1.807, 2.05) is 24.3 Å². The molecule has 4 heteroatoms. The largest absolute Gasteiger partial charge is 0.308 e. The van der Waals surface area contributed by atoms with Crippen molar-refractivity contribution in [2.45, 2.75) is 26.3 Å². The van der Waals surface area contributed by atoms with Crippen LogP contribution in [0.15, 0.2) is 29.1 Å². The number of nitrogens with one attached hydrogen (secondary N) is 1. The van der Waals surface area contributed by atoms with Crippen LogP contribution < -0.4 is 10.9 Å². The van der Waals surface area contributed by atoms with E-state index in [4.69, 9.17) is 0 Å². The van der Waals surface area contributed by atoms with Crippen LogP contribution in [-0.2, 0) is 7.05 Å². The minimum Gasteiger partial charge on any atom is -0.308 e.